The van der Waals surface area contributed by atoms with Gasteiger partial charge >= 0.3 is 0 Å². The Bertz CT molecular complexity index is 608. The maximum atomic E-state index is 13.3. The average molecular weight is 337 g/mol. The molecule has 2 aromatic carbocycles. The summed E-state index contributed by atoms with van der Waals surface area (Å²) >= 11 is 3.33. The number of aliphatic hydroxyl groups excluding tert-OH is 1. The predicted molar refractivity (Wildman–Crippen MR) is 78.3 cm³/mol. The normalized spacial score (nSPS) is 15.9. The Morgan fingerprint density at radius 1 is 1.15 bits per heavy atom. The summed E-state index contributed by atoms with van der Waals surface area (Å²) < 4.78 is 19.6. The van der Waals surface area contributed by atoms with Gasteiger partial charge in [0.25, 0.3) is 0 Å². The quantitative estimate of drug-likeness (QED) is 0.906. The molecule has 1 N–H and O–H groups in total. The van der Waals surface area contributed by atoms with Crippen LogP contribution in [0.4, 0.5) is 4.39 Å². The molecule has 1 aliphatic carbocycles. The molecule has 0 amide bonds. The first kappa shape index (κ1) is 13.6. The van der Waals surface area contributed by atoms with E-state index in [-0.39, 0.29) is 5.82 Å². The third kappa shape index (κ3) is 3.02. The topological polar surface area (TPSA) is 29.5 Å². The van der Waals surface area contributed by atoms with E-state index < -0.39 is 6.10 Å². The van der Waals surface area contributed by atoms with Gasteiger partial charge < -0.3 is 9.84 Å². The molecule has 2 nitrogen and oxygen atoms in total. The standard InChI is InChI=1S/C16H14BrFO2/c17-15-8-3-11(18)9-14(15)16(19)10-1-4-12(5-2-10)20-13-6-7-13/h1-5,8-9,13,16,19H,6-7H2. The van der Waals surface area contributed by atoms with Gasteiger partial charge in [0.05, 0.1) is 6.10 Å². The largest absolute Gasteiger partial charge is 0.490 e. The van der Waals surface area contributed by atoms with Gasteiger partial charge in [0.15, 0.2) is 0 Å². The highest BCUT2D eigenvalue weighted by molar-refractivity contribution is 9.10. The van der Waals surface area contributed by atoms with E-state index in [2.05, 4.69) is 15.9 Å². The van der Waals surface area contributed by atoms with Crippen LogP contribution in [0.15, 0.2) is 46.9 Å². The van der Waals surface area contributed by atoms with Crippen LogP contribution in [0, 0.1) is 5.82 Å². The molecule has 0 aromatic heterocycles. The molecule has 0 saturated heterocycles. The number of aliphatic hydroxyl groups is 1. The Morgan fingerprint density at radius 3 is 2.50 bits per heavy atom. The lowest BCUT2D eigenvalue weighted by molar-refractivity contribution is 0.218. The molecular formula is C16H14BrFO2. The molecule has 1 unspecified atom stereocenters. The first-order chi connectivity index (χ1) is 9.63. The summed E-state index contributed by atoms with van der Waals surface area (Å²) in [5.74, 6) is 0.442. The minimum atomic E-state index is -0.866. The summed E-state index contributed by atoms with van der Waals surface area (Å²) in [5, 5.41) is 10.3. The van der Waals surface area contributed by atoms with Crippen molar-refractivity contribution in [3.05, 3.63) is 63.9 Å². The van der Waals surface area contributed by atoms with Gasteiger partial charge in [-0.1, -0.05) is 28.1 Å². The fraction of sp³-hybridized carbons (Fsp3) is 0.250. The Hall–Kier alpha value is -1.39. The molecule has 0 radical (unpaired) electrons. The zero-order valence-corrected chi connectivity index (χ0v) is 12.3. The lowest BCUT2D eigenvalue weighted by Gasteiger charge is -2.14. The van der Waals surface area contributed by atoms with Gasteiger partial charge in [0, 0.05) is 10.0 Å². The maximum absolute atomic E-state index is 13.3. The zero-order valence-electron chi connectivity index (χ0n) is 10.7. The Labute approximate surface area is 125 Å². The molecule has 4 heteroatoms. The highest BCUT2D eigenvalue weighted by atomic mass is 79.9. The first-order valence-electron chi connectivity index (χ1n) is 6.53. The number of ether oxygens (including phenoxy) is 1. The van der Waals surface area contributed by atoms with E-state index in [1.165, 1.54) is 12.1 Å². The van der Waals surface area contributed by atoms with Gasteiger partial charge in [-0.3, -0.25) is 0 Å². The monoisotopic (exact) mass is 336 g/mol. The average Bonchev–Trinajstić information content (AvgIpc) is 3.26. The van der Waals surface area contributed by atoms with Crippen LogP contribution in [0.5, 0.6) is 5.75 Å². The predicted octanol–water partition coefficient (Wildman–Crippen LogP) is 4.21. The lowest BCUT2D eigenvalue weighted by atomic mass is 10.0. The maximum Gasteiger partial charge on any atom is 0.123 e. The van der Waals surface area contributed by atoms with Crippen molar-refractivity contribution in [3.63, 3.8) is 0 Å². The number of halogens is 2. The van der Waals surface area contributed by atoms with E-state index >= 15 is 0 Å². The Balaban J connectivity index is 1.81. The highest BCUT2D eigenvalue weighted by Gasteiger charge is 2.23. The molecule has 1 aliphatic rings. The summed E-state index contributed by atoms with van der Waals surface area (Å²) in [4.78, 5) is 0. The molecule has 2 aromatic rings. The van der Waals surface area contributed by atoms with Gasteiger partial charge in [-0.05, 0) is 48.7 Å². The van der Waals surface area contributed by atoms with Gasteiger partial charge in [0.1, 0.15) is 17.7 Å². The van der Waals surface area contributed by atoms with E-state index in [1.54, 1.807) is 18.2 Å². The van der Waals surface area contributed by atoms with Crippen LogP contribution in [0.3, 0.4) is 0 Å². The van der Waals surface area contributed by atoms with Gasteiger partial charge in [-0.2, -0.15) is 0 Å². The van der Waals surface area contributed by atoms with Crippen molar-refractivity contribution in [1.29, 1.82) is 0 Å². The number of benzene rings is 2. The van der Waals surface area contributed by atoms with Crippen LogP contribution in [0.2, 0.25) is 0 Å². The van der Waals surface area contributed by atoms with E-state index in [4.69, 9.17) is 4.74 Å². The van der Waals surface area contributed by atoms with Crippen molar-refractivity contribution < 1.29 is 14.2 Å². The van der Waals surface area contributed by atoms with Crippen LogP contribution in [-0.2, 0) is 0 Å². The summed E-state index contributed by atoms with van der Waals surface area (Å²) in [6.45, 7) is 0. The fourth-order valence-electron chi connectivity index (χ4n) is 2.01. The van der Waals surface area contributed by atoms with Crippen LogP contribution < -0.4 is 4.74 Å². The summed E-state index contributed by atoms with van der Waals surface area (Å²) in [6, 6.07) is 11.6. The molecule has 0 bridgehead atoms. The van der Waals surface area contributed by atoms with Gasteiger partial charge in [0.2, 0.25) is 0 Å². The SMILES string of the molecule is OC(c1ccc(OC2CC2)cc1)c1cc(F)ccc1Br. The molecule has 1 fully saturated rings. The van der Waals surface area contributed by atoms with Crippen molar-refractivity contribution >= 4 is 15.9 Å². The molecule has 3 rings (SSSR count). The smallest absolute Gasteiger partial charge is 0.123 e. The molecule has 104 valence electrons. The Kier molecular flexibility index (Phi) is 3.76. The molecule has 0 heterocycles. The summed E-state index contributed by atoms with van der Waals surface area (Å²) in [7, 11) is 0. The third-order valence-corrected chi connectivity index (χ3v) is 4.00. The molecule has 1 atom stereocenters. The molecule has 0 spiro atoms. The van der Waals surface area contributed by atoms with E-state index in [0.29, 0.717) is 21.7 Å². The van der Waals surface area contributed by atoms with E-state index in [1.807, 2.05) is 12.1 Å². The minimum absolute atomic E-state index is 0.350. The first-order valence-corrected chi connectivity index (χ1v) is 7.32. The second-order valence-electron chi connectivity index (χ2n) is 4.95. The van der Waals surface area contributed by atoms with Crippen molar-refractivity contribution in [3.8, 4) is 5.75 Å². The number of hydrogen-bond acceptors (Lipinski definition) is 2. The second-order valence-corrected chi connectivity index (χ2v) is 5.81. The summed E-state index contributed by atoms with van der Waals surface area (Å²) in [6.07, 6.45) is 1.71. The van der Waals surface area contributed by atoms with Crippen molar-refractivity contribution in [2.75, 3.05) is 0 Å². The van der Waals surface area contributed by atoms with Crippen LogP contribution >= 0.6 is 15.9 Å². The number of rotatable bonds is 4. The van der Waals surface area contributed by atoms with Crippen molar-refractivity contribution in [2.24, 2.45) is 0 Å². The highest BCUT2D eigenvalue weighted by Crippen LogP contribution is 2.31. The van der Waals surface area contributed by atoms with Gasteiger partial charge in [-0.25, -0.2) is 4.39 Å². The minimum Gasteiger partial charge on any atom is -0.490 e. The van der Waals surface area contributed by atoms with Crippen molar-refractivity contribution in [2.45, 2.75) is 25.0 Å². The second kappa shape index (κ2) is 5.54. The van der Waals surface area contributed by atoms with E-state index in [0.717, 1.165) is 18.6 Å². The molecule has 1 saturated carbocycles. The lowest BCUT2D eigenvalue weighted by Crippen LogP contribution is -2.02. The fourth-order valence-corrected chi connectivity index (χ4v) is 2.47. The molecule has 20 heavy (non-hydrogen) atoms. The third-order valence-electron chi connectivity index (χ3n) is 3.28. The van der Waals surface area contributed by atoms with Crippen LogP contribution in [0.1, 0.15) is 30.1 Å². The Morgan fingerprint density at radius 2 is 1.85 bits per heavy atom. The zero-order chi connectivity index (χ0) is 14.1. The summed E-state index contributed by atoms with van der Waals surface area (Å²) in [5.41, 5.74) is 1.22. The van der Waals surface area contributed by atoms with Crippen molar-refractivity contribution in [1.82, 2.24) is 0 Å². The molecule has 0 aliphatic heterocycles. The van der Waals surface area contributed by atoms with Gasteiger partial charge in [-0.15, -0.1) is 0 Å². The molecular weight excluding hydrogens is 323 g/mol. The van der Waals surface area contributed by atoms with Crippen LogP contribution in [-0.4, -0.2) is 11.2 Å². The number of hydrogen-bond donors (Lipinski definition) is 1. The van der Waals surface area contributed by atoms with Crippen LogP contribution in [0.25, 0.3) is 0 Å². The van der Waals surface area contributed by atoms with E-state index in [9.17, 15) is 9.50 Å².